The molecule has 0 aliphatic carbocycles. The molecule has 1 N–H and O–H groups in total. The molecule has 0 bridgehead atoms. The molecule has 0 aliphatic heterocycles. The van der Waals surface area contributed by atoms with E-state index in [1.807, 2.05) is 6.07 Å². The molecule has 0 radical (unpaired) electrons. The van der Waals surface area contributed by atoms with E-state index < -0.39 is 0 Å². The minimum Gasteiger partial charge on any atom is -0.307 e. The Morgan fingerprint density at radius 3 is 2.67 bits per heavy atom. The quantitative estimate of drug-likeness (QED) is 0.792. The van der Waals surface area contributed by atoms with E-state index in [1.54, 1.807) is 11.3 Å². The summed E-state index contributed by atoms with van der Waals surface area (Å²) in [6.07, 6.45) is 2.37. The Morgan fingerprint density at radius 1 is 1.28 bits per heavy atom. The lowest BCUT2D eigenvalue weighted by molar-refractivity contribution is 0.358. The van der Waals surface area contributed by atoms with Crippen molar-refractivity contribution >= 4 is 33.0 Å². The largest absolute Gasteiger partial charge is 0.307 e. The fraction of sp³-hybridized carbons (Fsp3) is 0.467. The average Bonchev–Trinajstić information content (AvgIpc) is 2.65. The molecule has 1 nitrogen and oxygen atoms in total. The first-order chi connectivity index (χ1) is 8.53. The zero-order chi connectivity index (χ0) is 13.2. The van der Waals surface area contributed by atoms with Gasteiger partial charge in [-0.15, -0.1) is 11.3 Å². The predicted molar refractivity (Wildman–Crippen MR) is 82.7 cm³/mol. The van der Waals surface area contributed by atoms with Crippen LogP contribution in [0.3, 0.4) is 0 Å². The van der Waals surface area contributed by atoms with E-state index in [0.717, 1.165) is 11.6 Å². The van der Waals surface area contributed by atoms with Gasteiger partial charge >= 0.3 is 0 Å². The molecule has 98 valence electrons. The summed E-state index contributed by atoms with van der Waals surface area (Å²) in [6.45, 7) is 7.57. The normalized spacial score (nSPS) is 12.2. The minimum absolute atomic E-state index is 0.175. The lowest BCUT2D eigenvalue weighted by Gasteiger charge is -2.25. The fourth-order valence-corrected chi connectivity index (χ4v) is 3.65. The van der Waals surface area contributed by atoms with Crippen LogP contribution in [-0.4, -0.2) is 5.54 Å². The fourth-order valence-electron chi connectivity index (χ4n) is 2.21. The number of rotatable bonds is 5. The second-order valence-electron chi connectivity index (χ2n) is 5.32. The first-order valence-corrected chi connectivity index (χ1v) is 7.64. The van der Waals surface area contributed by atoms with Crippen LogP contribution in [0.1, 0.15) is 38.5 Å². The van der Waals surface area contributed by atoms with Crippen LogP contribution in [-0.2, 0) is 6.54 Å². The highest BCUT2D eigenvalue weighted by atomic mass is 35.5. The highest BCUT2D eigenvalue weighted by Crippen LogP contribution is 2.35. The van der Waals surface area contributed by atoms with Crippen molar-refractivity contribution in [2.45, 2.75) is 45.7 Å². The first kappa shape index (κ1) is 13.9. The monoisotopic (exact) mass is 281 g/mol. The van der Waals surface area contributed by atoms with Crippen molar-refractivity contribution in [2.75, 3.05) is 0 Å². The molecular formula is C15H20ClNS. The SMILES string of the molecule is CCCC(C)(C)NCc1sc2ccccc2c1Cl. The summed E-state index contributed by atoms with van der Waals surface area (Å²) in [4.78, 5) is 1.24. The van der Waals surface area contributed by atoms with Crippen molar-refractivity contribution in [3.63, 3.8) is 0 Å². The number of hydrogen-bond acceptors (Lipinski definition) is 2. The summed E-state index contributed by atoms with van der Waals surface area (Å²) < 4.78 is 1.27. The van der Waals surface area contributed by atoms with Crippen LogP contribution in [0.2, 0.25) is 5.02 Å². The topological polar surface area (TPSA) is 12.0 Å². The van der Waals surface area contributed by atoms with Gasteiger partial charge in [-0.1, -0.05) is 43.1 Å². The Balaban J connectivity index is 2.15. The zero-order valence-electron chi connectivity index (χ0n) is 11.2. The molecule has 0 saturated heterocycles. The van der Waals surface area contributed by atoms with Crippen LogP contribution >= 0.6 is 22.9 Å². The van der Waals surface area contributed by atoms with E-state index in [9.17, 15) is 0 Å². The van der Waals surface area contributed by atoms with Gasteiger partial charge in [-0.05, 0) is 26.3 Å². The maximum atomic E-state index is 6.43. The maximum absolute atomic E-state index is 6.43. The van der Waals surface area contributed by atoms with Gasteiger partial charge in [0.15, 0.2) is 0 Å². The highest BCUT2D eigenvalue weighted by Gasteiger charge is 2.17. The number of hydrogen-bond donors (Lipinski definition) is 1. The van der Waals surface area contributed by atoms with Gasteiger partial charge in [0.1, 0.15) is 0 Å². The highest BCUT2D eigenvalue weighted by molar-refractivity contribution is 7.19. The number of fused-ring (bicyclic) bond motifs is 1. The Labute approximate surface area is 118 Å². The number of thiophene rings is 1. The maximum Gasteiger partial charge on any atom is 0.0636 e. The summed E-state index contributed by atoms with van der Waals surface area (Å²) in [5, 5.41) is 5.69. The van der Waals surface area contributed by atoms with Gasteiger partial charge in [0, 0.05) is 27.0 Å². The molecule has 1 aromatic carbocycles. The second-order valence-corrected chi connectivity index (χ2v) is 6.84. The molecule has 0 unspecified atom stereocenters. The van der Waals surface area contributed by atoms with Crippen LogP contribution < -0.4 is 5.32 Å². The van der Waals surface area contributed by atoms with Crippen LogP contribution in [0.5, 0.6) is 0 Å². The van der Waals surface area contributed by atoms with Gasteiger partial charge < -0.3 is 5.32 Å². The van der Waals surface area contributed by atoms with Crippen LogP contribution in [0.15, 0.2) is 24.3 Å². The van der Waals surface area contributed by atoms with Gasteiger partial charge in [-0.2, -0.15) is 0 Å². The second kappa shape index (κ2) is 5.60. The average molecular weight is 282 g/mol. The Kier molecular flexibility index (Phi) is 4.31. The van der Waals surface area contributed by atoms with Crippen LogP contribution in [0.4, 0.5) is 0 Å². The summed E-state index contributed by atoms with van der Waals surface area (Å²) in [6, 6.07) is 8.33. The van der Waals surface area contributed by atoms with E-state index in [4.69, 9.17) is 11.6 Å². The van der Waals surface area contributed by atoms with Crippen molar-refractivity contribution in [3.05, 3.63) is 34.2 Å². The summed E-state index contributed by atoms with van der Waals surface area (Å²) in [5.41, 5.74) is 0.175. The molecule has 1 aromatic heterocycles. The van der Waals surface area contributed by atoms with Gasteiger partial charge in [0.05, 0.1) is 5.02 Å². The van der Waals surface area contributed by atoms with E-state index in [-0.39, 0.29) is 5.54 Å². The third-order valence-corrected chi connectivity index (χ3v) is 4.92. The van der Waals surface area contributed by atoms with E-state index in [0.29, 0.717) is 0 Å². The van der Waals surface area contributed by atoms with Crippen molar-refractivity contribution in [3.8, 4) is 0 Å². The third kappa shape index (κ3) is 3.05. The van der Waals surface area contributed by atoms with Crippen molar-refractivity contribution in [2.24, 2.45) is 0 Å². The molecule has 1 heterocycles. The molecule has 2 rings (SSSR count). The first-order valence-electron chi connectivity index (χ1n) is 6.44. The van der Waals surface area contributed by atoms with E-state index >= 15 is 0 Å². The van der Waals surface area contributed by atoms with E-state index in [1.165, 1.54) is 27.8 Å². The number of nitrogens with one attached hydrogen (secondary N) is 1. The van der Waals surface area contributed by atoms with Gasteiger partial charge in [-0.3, -0.25) is 0 Å². The Hall–Kier alpha value is -0.570. The summed E-state index contributed by atoms with van der Waals surface area (Å²) in [5.74, 6) is 0. The van der Waals surface area contributed by atoms with Crippen molar-refractivity contribution in [1.29, 1.82) is 0 Å². The summed E-state index contributed by atoms with van der Waals surface area (Å²) in [7, 11) is 0. The summed E-state index contributed by atoms with van der Waals surface area (Å²) >= 11 is 8.22. The Morgan fingerprint density at radius 2 is 2.00 bits per heavy atom. The molecule has 0 aliphatic rings. The van der Waals surface area contributed by atoms with Crippen LogP contribution in [0.25, 0.3) is 10.1 Å². The number of halogens is 1. The Bertz CT molecular complexity index is 530. The van der Waals surface area contributed by atoms with Gasteiger partial charge in [-0.25, -0.2) is 0 Å². The van der Waals surface area contributed by atoms with Crippen molar-refractivity contribution in [1.82, 2.24) is 5.32 Å². The molecular weight excluding hydrogens is 262 g/mol. The minimum atomic E-state index is 0.175. The van der Waals surface area contributed by atoms with E-state index in [2.05, 4.69) is 44.3 Å². The molecule has 2 aromatic rings. The van der Waals surface area contributed by atoms with Crippen LogP contribution in [0, 0.1) is 0 Å². The van der Waals surface area contributed by atoms with Crippen molar-refractivity contribution < 1.29 is 0 Å². The lowest BCUT2D eigenvalue weighted by Crippen LogP contribution is -2.38. The smallest absolute Gasteiger partial charge is 0.0636 e. The zero-order valence-corrected chi connectivity index (χ0v) is 12.8. The molecule has 0 fully saturated rings. The lowest BCUT2D eigenvalue weighted by atomic mass is 9.99. The molecule has 0 spiro atoms. The molecule has 0 amide bonds. The molecule has 18 heavy (non-hydrogen) atoms. The third-order valence-electron chi connectivity index (χ3n) is 3.20. The number of benzene rings is 1. The molecule has 0 atom stereocenters. The standard InChI is InChI=1S/C15H20ClNS/c1-4-9-15(2,3)17-10-13-14(16)11-7-5-6-8-12(11)18-13/h5-8,17H,4,9-10H2,1-3H3. The van der Waals surface area contributed by atoms with Gasteiger partial charge in [0.25, 0.3) is 0 Å². The molecule has 0 saturated carbocycles. The van der Waals surface area contributed by atoms with Gasteiger partial charge in [0.2, 0.25) is 0 Å². The molecule has 3 heteroatoms. The predicted octanol–water partition coefficient (Wildman–Crippen LogP) is 5.22.